The molecule has 7 heteroatoms. The van der Waals surface area contributed by atoms with Gasteiger partial charge in [-0.3, -0.25) is 19.8 Å². The van der Waals surface area contributed by atoms with Crippen molar-refractivity contribution >= 4 is 11.9 Å². The van der Waals surface area contributed by atoms with Gasteiger partial charge in [-0.1, -0.05) is 32.9 Å². The number of aliphatic carboxylic acids is 2. The first-order valence-corrected chi connectivity index (χ1v) is 9.59. The summed E-state index contributed by atoms with van der Waals surface area (Å²) in [5.74, 6) is -3.50. The molecule has 1 saturated heterocycles. The summed E-state index contributed by atoms with van der Waals surface area (Å²) in [7, 11) is 3.57. The van der Waals surface area contributed by atoms with Crippen molar-refractivity contribution in [2.75, 3.05) is 14.1 Å². The average molecular weight is 394 g/mol. The summed E-state index contributed by atoms with van der Waals surface area (Å²) in [6, 6.07) is 5.08. The van der Waals surface area contributed by atoms with E-state index in [1.807, 2.05) is 13.8 Å². The van der Waals surface area contributed by atoms with Gasteiger partial charge in [0.1, 0.15) is 11.2 Å². The number of hydrogen-bond acceptors (Lipinski definition) is 4. The highest BCUT2D eigenvalue weighted by Crippen LogP contribution is 2.58. The number of benzene rings is 1. The molecule has 0 aliphatic carbocycles. The lowest BCUT2D eigenvalue weighted by molar-refractivity contribution is -0.180. The van der Waals surface area contributed by atoms with Crippen molar-refractivity contribution < 1.29 is 24.2 Å². The molecule has 1 aliphatic heterocycles. The second-order valence-electron chi connectivity index (χ2n) is 8.53. The first kappa shape index (κ1) is 22.3. The van der Waals surface area contributed by atoms with Crippen LogP contribution in [0.5, 0.6) is 0 Å². The predicted molar refractivity (Wildman–Crippen MR) is 104 cm³/mol. The second-order valence-corrected chi connectivity index (χ2v) is 8.53. The lowest BCUT2D eigenvalue weighted by Gasteiger charge is -2.59. The van der Waals surface area contributed by atoms with Gasteiger partial charge in [-0.25, -0.2) is 4.39 Å². The molecular weight excluding hydrogens is 363 g/mol. The minimum absolute atomic E-state index is 0.0600. The Kier molecular flexibility index (Phi) is 6.21. The second kappa shape index (κ2) is 7.79. The van der Waals surface area contributed by atoms with Gasteiger partial charge in [-0.15, -0.1) is 0 Å². The van der Waals surface area contributed by atoms with Crippen molar-refractivity contribution in [3.05, 3.63) is 35.6 Å². The number of carboxylic acid groups (broad SMARTS) is 2. The number of halogens is 1. The van der Waals surface area contributed by atoms with Crippen molar-refractivity contribution in [2.24, 2.45) is 16.7 Å². The predicted octanol–water partition coefficient (Wildman–Crippen LogP) is 3.00. The fourth-order valence-electron chi connectivity index (χ4n) is 5.20. The Bertz CT molecular complexity index is 736. The maximum atomic E-state index is 13.6. The topological polar surface area (TPSA) is 89.9 Å². The van der Waals surface area contributed by atoms with Gasteiger partial charge < -0.3 is 10.2 Å². The molecule has 28 heavy (non-hydrogen) atoms. The van der Waals surface area contributed by atoms with Crippen molar-refractivity contribution in [1.29, 1.82) is 0 Å². The molecule has 6 nitrogen and oxygen atoms in total. The molecule has 5 unspecified atom stereocenters. The molecule has 1 heterocycles. The van der Waals surface area contributed by atoms with Gasteiger partial charge in [0.25, 0.3) is 0 Å². The molecule has 156 valence electrons. The Hall–Kier alpha value is -1.99. The molecule has 0 amide bonds. The smallest absolute Gasteiger partial charge is 0.313 e. The molecule has 5 atom stereocenters. The Morgan fingerprint density at radius 3 is 2.07 bits per heavy atom. The van der Waals surface area contributed by atoms with Crippen LogP contribution in [0.2, 0.25) is 0 Å². The molecule has 1 aromatic rings. The van der Waals surface area contributed by atoms with Crippen LogP contribution in [0.25, 0.3) is 0 Å². The van der Waals surface area contributed by atoms with Crippen molar-refractivity contribution in [3.8, 4) is 0 Å². The normalized spacial score (nSPS) is 33.2. The molecule has 1 fully saturated rings. The molecular formula is C21H31FN2O4. The lowest BCUT2D eigenvalue weighted by atomic mass is 9.51. The first-order valence-electron chi connectivity index (χ1n) is 9.59. The Balaban J connectivity index is 2.91. The highest BCUT2D eigenvalue weighted by atomic mass is 19.1. The number of carbonyl (C=O) groups is 2. The Labute approximate surface area is 165 Å². The summed E-state index contributed by atoms with van der Waals surface area (Å²) >= 11 is 0. The highest BCUT2D eigenvalue weighted by molar-refractivity contribution is 5.84. The van der Waals surface area contributed by atoms with E-state index in [1.54, 1.807) is 32.8 Å². The molecule has 2 rings (SSSR count). The summed E-state index contributed by atoms with van der Waals surface area (Å²) < 4.78 is 13.6. The summed E-state index contributed by atoms with van der Waals surface area (Å²) in [6.45, 7) is 7.22. The van der Waals surface area contributed by atoms with Gasteiger partial charge in [0.2, 0.25) is 0 Å². The van der Waals surface area contributed by atoms with Crippen LogP contribution in [0.15, 0.2) is 24.3 Å². The van der Waals surface area contributed by atoms with Crippen molar-refractivity contribution in [1.82, 2.24) is 10.2 Å². The maximum Gasteiger partial charge on any atom is 0.313 e. The fraction of sp³-hybridized carbons (Fsp3) is 0.619. The number of hydrogen-bond donors (Lipinski definition) is 3. The monoisotopic (exact) mass is 394 g/mol. The SMILES string of the molecule is CCC1(C(=O)O)C(N(C)C)NC(C(C)C)C(C)(C(=O)O)C1c1ccc(F)cc1. The zero-order valence-corrected chi connectivity index (χ0v) is 17.4. The molecule has 0 bridgehead atoms. The van der Waals surface area contributed by atoms with Crippen LogP contribution in [0.3, 0.4) is 0 Å². The summed E-state index contributed by atoms with van der Waals surface area (Å²) in [5, 5.41) is 24.1. The summed E-state index contributed by atoms with van der Waals surface area (Å²) in [4.78, 5) is 27.1. The number of nitrogens with zero attached hydrogens (tertiary/aromatic N) is 1. The zero-order chi connectivity index (χ0) is 21.4. The van der Waals surface area contributed by atoms with Crippen molar-refractivity contribution in [2.45, 2.75) is 52.2 Å². The largest absolute Gasteiger partial charge is 0.481 e. The molecule has 0 saturated carbocycles. The Morgan fingerprint density at radius 2 is 1.71 bits per heavy atom. The van der Waals surface area contributed by atoms with Crippen LogP contribution in [0.1, 0.15) is 45.6 Å². The van der Waals surface area contributed by atoms with E-state index in [0.29, 0.717) is 5.56 Å². The summed E-state index contributed by atoms with van der Waals surface area (Å²) in [5.41, 5.74) is -2.30. The van der Waals surface area contributed by atoms with Gasteiger partial charge in [0.15, 0.2) is 0 Å². The number of carboxylic acids is 2. The fourth-order valence-corrected chi connectivity index (χ4v) is 5.20. The van der Waals surface area contributed by atoms with Gasteiger partial charge in [-0.2, -0.15) is 0 Å². The Morgan fingerprint density at radius 1 is 1.18 bits per heavy atom. The molecule has 0 spiro atoms. The van der Waals surface area contributed by atoms with E-state index in [2.05, 4.69) is 5.32 Å². The van der Waals surface area contributed by atoms with E-state index in [1.165, 1.54) is 24.3 Å². The maximum absolute atomic E-state index is 13.6. The van der Waals surface area contributed by atoms with Crippen LogP contribution in [0, 0.1) is 22.6 Å². The van der Waals surface area contributed by atoms with Crippen LogP contribution < -0.4 is 5.32 Å². The number of piperidine rings is 1. The molecule has 1 aromatic carbocycles. The van der Waals surface area contributed by atoms with Crippen LogP contribution >= 0.6 is 0 Å². The van der Waals surface area contributed by atoms with E-state index < -0.39 is 46.7 Å². The highest BCUT2D eigenvalue weighted by Gasteiger charge is 2.67. The van der Waals surface area contributed by atoms with Gasteiger partial charge in [-0.05, 0) is 51.1 Å². The van der Waals surface area contributed by atoms with Crippen LogP contribution in [0.4, 0.5) is 4.39 Å². The first-order chi connectivity index (χ1) is 12.9. The van der Waals surface area contributed by atoms with E-state index in [4.69, 9.17) is 0 Å². The van der Waals surface area contributed by atoms with Crippen LogP contribution in [-0.4, -0.2) is 53.4 Å². The molecule has 1 aliphatic rings. The van der Waals surface area contributed by atoms with Crippen molar-refractivity contribution in [3.63, 3.8) is 0 Å². The van der Waals surface area contributed by atoms with E-state index in [9.17, 15) is 24.2 Å². The summed E-state index contributed by atoms with van der Waals surface area (Å²) in [6.07, 6.45) is -0.377. The van der Waals surface area contributed by atoms with E-state index in [-0.39, 0.29) is 12.3 Å². The lowest BCUT2D eigenvalue weighted by Crippen LogP contribution is -2.74. The number of nitrogens with one attached hydrogen (secondary N) is 1. The molecule has 3 N–H and O–H groups in total. The van der Waals surface area contributed by atoms with Crippen LogP contribution in [-0.2, 0) is 9.59 Å². The average Bonchev–Trinajstić information content (AvgIpc) is 2.60. The third kappa shape index (κ3) is 3.20. The minimum Gasteiger partial charge on any atom is -0.481 e. The molecule has 0 aromatic heterocycles. The minimum atomic E-state index is -1.42. The number of rotatable bonds is 6. The standard InChI is InChI=1S/C21H31FN2O4/c1-7-21(19(27)28)15(13-8-10-14(22)11-9-13)20(4,18(25)26)16(12(2)3)23-17(21)24(5)6/h8-12,15-17,23H,7H2,1-6H3,(H,25,26)(H,27,28). The van der Waals surface area contributed by atoms with E-state index in [0.717, 1.165) is 0 Å². The third-order valence-corrected chi connectivity index (χ3v) is 6.42. The van der Waals surface area contributed by atoms with Gasteiger partial charge in [0, 0.05) is 12.0 Å². The molecule has 0 radical (unpaired) electrons. The van der Waals surface area contributed by atoms with Gasteiger partial charge in [0.05, 0.1) is 11.6 Å². The van der Waals surface area contributed by atoms with Gasteiger partial charge >= 0.3 is 11.9 Å². The third-order valence-electron chi connectivity index (χ3n) is 6.42. The van der Waals surface area contributed by atoms with E-state index >= 15 is 0 Å². The quantitative estimate of drug-likeness (QED) is 0.687. The zero-order valence-electron chi connectivity index (χ0n) is 17.4.